The van der Waals surface area contributed by atoms with Gasteiger partial charge >= 0.3 is 0 Å². The highest BCUT2D eigenvalue weighted by Crippen LogP contribution is 2.50. The van der Waals surface area contributed by atoms with Gasteiger partial charge in [0.1, 0.15) is 11.3 Å². The quantitative estimate of drug-likeness (QED) is 0.189. The van der Waals surface area contributed by atoms with Gasteiger partial charge in [-0.1, -0.05) is 158 Å². The van der Waals surface area contributed by atoms with Crippen molar-refractivity contribution < 1.29 is 15.4 Å². The van der Waals surface area contributed by atoms with E-state index in [9.17, 15) is 5.48 Å². The van der Waals surface area contributed by atoms with Crippen LogP contribution in [0, 0.1) is 0 Å². The first kappa shape index (κ1) is 18.7. The minimum Gasteiger partial charge on any atom is -0.455 e. The van der Waals surface area contributed by atoms with Gasteiger partial charge in [-0.3, -0.25) is 0 Å². The Labute approximate surface area is 272 Å². The molecule has 9 rings (SSSR count). The largest absolute Gasteiger partial charge is 0.455 e. The van der Waals surface area contributed by atoms with E-state index in [1.807, 2.05) is 97.1 Å². The molecule has 0 aliphatic heterocycles. The van der Waals surface area contributed by atoms with E-state index in [0.717, 1.165) is 27.5 Å². The zero-order chi connectivity index (χ0) is 36.7. The van der Waals surface area contributed by atoms with Crippen LogP contribution in [0.2, 0.25) is 0 Å². The molecule has 0 aliphatic carbocycles. The molecule has 8 aromatic carbocycles. The molecule has 0 saturated heterocycles. The lowest BCUT2D eigenvalue weighted by Crippen LogP contribution is -1.92. The Kier molecular flexibility index (Phi) is 4.30. The van der Waals surface area contributed by atoms with Crippen molar-refractivity contribution in [2.24, 2.45) is 0 Å². The van der Waals surface area contributed by atoms with E-state index in [1.165, 1.54) is 0 Å². The van der Waals surface area contributed by atoms with Gasteiger partial charge in [-0.15, -0.1) is 0 Å². The molecule has 0 radical (unpaired) electrons. The first-order chi connectivity index (χ1) is 25.7. The summed E-state index contributed by atoms with van der Waals surface area (Å²) in [5, 5.41) is 3.07. The molecule has 0 spiro atoms. The highest BCUT2D eigenvalue weighted by Gasteiger charge is 2.25. The maximum Gasteiger partial charge on any atom is 0.143 e. The Bertz CT molecular complexity index is 2890. The van der Waals surface area contributed by atoms with E-state index < -0.39 is 24.2 Å². The first-order valence-corrected chi connectivity index (χ1v) is 14.8. The second-order valence-corrected chi connectivity index (χ2v) is 11.0. The number of hydrogen-bond acceptors (Lipinski definition) is 1. The molecule has 1 heterocycles. The van der Waals surface area contributed by atoms with Gasteiger partial charge in [0.15, 0.2) is 0 Å². The molecule has 0 unspecified atom stereocenters. The van der Waals surface area contributed by atoms with E-state index in [1.54, 1.807) is 24.3 Å². The fraction of sp³-hybridized carbons (Fsp3) is 0. The molecule has 0 amide bonds. The smallest absolute Gasteiger partial charge is 0.143 e. The van der Waals surface area contributed by atoms with Crippen LogP contribution in [0.15, 0.2) is 174 Å². The molecule has 210 valence electrons. The predicted molar refractivity (Wildman–Crippen MR) is 190 cm³/mol. The molecule has 1 heteroatoms. The summed E-state index contributed by atoms with van der Waals surface area (Å²) >= 11 is 0. The third kappa shape index (κ3) is 4.09. The average molecular weight is 581 g/mol. The van der Waals surface area contributed by atoms with E-state index in [-0.39, 0.29) is 51.3 Å². The normalized spacial score (nSPS) is 14.0. The standard InChI is InChI=1S/C44H28O/c1-3-14-29(15-4-1)32-26-27-40-39(28-32)43(44(45-40)38-25-13-19-30-16-7-8-20-33(30)38)42-36-23-11-9-21-34(36)41(31-17-5-2-6-18-31)35-22-10-12-24-37(35)42/h1-28H/i9D,10D,11D,12D,21D,22D,23D,24D. The Morgan fingerprint density at radius 2 is 0.978 bits per heavy atom. The molecule has 0 saturated carbocycles. The molecule has 0 fully saturated rings. The Balaban J connectivity index is 1.60. The van der Waals surface area contributed by atoms with Crippen molar-refractivity contribution in [2.75, 3.05) is 0 Å². The van der Waals surface area contributed by atoms with E-state index in [2.05, 4.69) is 0 Å². The van der Waals surface area contributed by atoms with Crippen molar-refractivity contribution >= 4 is 43.3 Å². The van der Waals surface area contributed by atoms with Crippen molar-refractivity contribution in [2.45, 2.75) is 0 Å². The predicted octanol–water partition coefficient (Wildman–Crippen LogP) is 12.6. The van der Waals surface area contributed by atoms with Crippen LogP contribution in [-0.2, 0) is 0 Å². The number of fused-ring (bicyclic) bond motifs is 4. The van der Waals surface area contributed by atoms with Crippen LogP contribution < -0.4 is 0 Å². The van der Waals surface area contributed by atoms with Crippen LogP contribution >= 0.6 is 0 Å². The van der Waals surface area contributed by atoms with Crippen LogP contribution in [0.3, 0.4) is 0 Å². The van der Waals surface area contributed by atoms with Crippen LogP contribution in [-0.4, -0.2) is 0 Å². The number of hydrogen-bond donors (Lipinski definition) is 0. The van der Waals surface area contributed by atoms with Gasteiger partial charge < -0.3 is 4.42 Å². The molecule has 0 N–H and O–H groups in total. The summed E-state index contributed by atoms with van der Waals surface area (Å²) in [6.45, 7) is 0. The maximum absolute atomic E-state index is 9.50. The minimum atomic E-state index is -0.451. The molecule has 1 nitrogen and oxygen atoms in total. The fourth-order valence-electron chi connectivity index (χ4n) is 6.54. The van der Waals surface area contributed by atoms with Gasteiger partial charge in [0.25, 0.3) is 0 Å². The average Bonchev–Trinajstić information content (AvgIpc) is 3.58. The second kappa shape index (κ2) is 10.4. The summed E-state index contributed by atoms with van der Waals surface area (Å²) in [5.74, 6) is 0.414. The molecule has 0 atom stereocenters. The maximum atomic E-state index is 9.50. The zero-order valence-corrected chi connectivity index (χ0v) is 24.0. The summed E-state index contributed by atoms with van der Waals surface area (Å²) in [6.07, 6.45) is 0. The van der Waals surface area contributed by atoms with Gasteiger partial charge in [0.2, 0.25) is 0 Å². The van der Waals surface area contributed by atoms with Gasteiger partial charge in [0, 0.05) is 22.1 Å². The molecule has 9 aromatic rings. The van der Waals surface area contributed by atoms with Crippen molar-refractivity contribution in [1.82, 2.24) is 0 Å². The second-order valence-electron chi connectivity index (χ2n) is 11.0. The summed E-state index contributed by atoms with van der Waals surface area (Å²) in [4.78, 5) is 0. The highest BCUT2D eigenvalue weighted by atomic mass is 16.3. The Hall–Kier alpha value is -5.92. The molecular weight excluding hydrogens is 544 g/mol. The van der Waals surface area contributed by atoms with Crippen molar-refractivity contribution in [3.8, 4) is 44.7 Å². The lowest BCUT2D eigenvalue weighted by atomic mass is 9.84. The van der Waals surface area contributed by atoms with Gasteiger partial charge in [-0.05, 0) is 66.7 Å². The Morgan fingerprint density at radius 3 is 1.67 bits per heavy atom. The lowest BCUT2D eigenvalue weighted by Gasteiger charge is -2.18. The highest BCUT2D eigenvalue weighted by molar-refractivity contribution is 6.25. The number of rotatable bonds is 4. The van der Waals surface area contributed by atoms with Crippen LogP contribution in [0.1, 0.15) is 11.0 Å². The topological polar surface area (TPSA) is 13.1 Å². The SMILES string of the molecule is [2H]c1c([2H])c([2H])c2c(-c3c(-c4cccc5ccccc45)oc4ccc(-c5ccccc5)cc34)c3c([2H])c([2H])c([2H])c([2H])c3c(-c3ccccc3)c2c1[2H]. The molecule has 0 bridgehead atoms. The number of furan rings is 1. The molecule has 45 heavy (non-hydrogen) atoms. The summed E-state index contributed by atoms with van der Waals surface area (Å²) in [5.41, 5.74) is 4.65. The van der Waals surface area contributed by atoms with Crippen LogP contribution in [0.5, 0.6) is 0 Å². The van der Waals surface area contributed by atoms with Crippen molar-refractivity contribution in [3.05, 3.63) is 170 Å². The van der Waals surface area contributed by atoms with Crippen LogP contribution in [0.4, 0.5) is 0 Å². The van der Waals surface area contributed by atoms with Crippen molar-refractivity contribution in [3.63, 3.8) is 0 Å². The molecule has 1 aromatic heterocycles. The van der Waals surface area contributed by atoms with Gasteiger partial charge in [-0.25, -0.2) is 0 Å². The van der Waals surface area contributed by atoms with Gasteiger partial charge in [0.05, 0.1) is 11.0 Å². The number of benzene rings is 8. The third-order valence-corrected chi connectivity index (χ3v) is 8.52. The summed E-state index contributed by atoms with van der Waals surface area (Å²) < 4.78 is 80.0. The van der Waals surface area contributed by atoms with Gasteiger partial charge in [-0.2, -0.15) is 0 Å². The monoisotopic (exact) mass is 580 g/mol. The third-order valence-electron chi connectivity index (χ3n) is 8.52. The molecule has 0 aliphatic rings. The van der Waals surface area contributed by atoms with E-state index in [4.69, 9.17) is 9.90 Å². The summed E-state index contributed by atoms with van der Waals surface area (Å²) in [6, 6.07) is 35.4. The van der Waals surface area contributed by atoms with Crippen molar-refractivity contribution in [1.29, 1.82) is 0 Å². The minimum absolute atomic E-state index is 0.140. The molecular formula is C44H28O. The van der Waals surface area contributed by atoms with E-state index in [0.29, 0.717) is 33.4 Å². The first-order valence-electron chi connectivity index (χ1n) is 18.8. The fourth-order valence-corrected chi connectivity index (χ4v) is 6.54. The lowest BCUT2D eigenvalue weighted by molar-refractivity contribution is 0.633. The Morgan fingerprint density at radius 1 is 0.400 bits per heavy atom. The van der Waals surface area contributed by atoms with Crippen LogP contribution in [0.25, 0.3) is 88.0 Å². The zero-order valence-electron chi connectivity index (χ0n) is 32.0. The van der Waals surface area contributed by atoms with E-state index >= 15 is 0 Å². The summed E-state index contributed by atoms with van der Waals surface area (Å²) in [7, 11) is 0.